The number of halogens is 1. The van der Waals surface area contributed by atoms with Gasteiger partial charge in [0.05, 0.1) is 42.6 Å². The van der Waals surface area contributed by atoms with Crippen LogP contribution in [-0.2, 0) is 13.0 Å². The molecule has 6 nitrogen and oxygen atoms in total. The number of nitrogens with zero attached hydrogens (tertiary/aromatic N) is 3. The van der Waals surface area contributed by atoms with Gasteiger partial charge in [-0.05, 0) is 69.0 Å². The summed E-state index contributed by atoms with van der Waals surface area (Å²) in [6.07, 6.45) is 7.31. The summed E-state index contributed by atoms with van der Waals surface area (Å²) >= 11 is 0. The van der Waals surface area contributed by atoms with Crippen molar-refractivity contribution in [3.05, 3.63) is 53.6 Å². The summed E-state index contributed by atoms with van der Waals surface area (Å²) in [5, 5.41) is 0. The van der Waals surface area contributed by atoms with E-state index in [0.29, 0.717) is 6.04 Å². The number of hydrogen-bond donors (Lipinski definition) is 2. The van der Waals surface area contributed by atoms with Gasteiger partial charge >= 0.3 is 0 Å². The van der Waals surface area contributed by atoms with Crippen LogP contribution in [0.3, 0.4) is 0 Å². The molecule has 1 atom stereocenters. The van der Waals surface area contributed by atoms with Gasteiger partial charge in [-0.1, -0.05) is 12.1 Å². The first kappa shape index (κ1) is 21.7. The second kappa shape index (κ2) is 10.2. The predicted molar refractivity (Wildman–Crippen MR) is 122 cm³/mol. The molecule has 0 aliphatic heterocycles. The van der Waals surface area contributed by atoms with Gasteiger partial charge in [0.2, 0.25) is 0 Å². The summed E-state index contributed by atoms with van der Waals surface area (Å²) < 4.78 is 5.38. The van der Waals surface area contributed by atoms with Gasteiger partial charge in [-0.2, -0.15) is 0 Å². The van der Waals surface area contributed by atoms with Gasteiger partial charge in [-0.3, -0.25) is 9.88 Å². The lowest BCUT2D eigenvalue weighted by atomic mass is 9.90. The van der Waals surface area contributed by atoms with E-state index in [1.807, 2.05) is 18.3 Å². The number of ether oxygens (including phenoxy) is 1. The first-order chi connectivity index (χ1) is 13.8. The topological polar surface area (TPSA) is 80.1 Å². The number of hydrogen-bond acceptors (Lipinski definition) is 5. The number of para-hydroxylation sites is 2. The van der Waals surface area contributed by atoms with Crippen LogP contribution in [0.25, 0.3) is 11.0 Å². The molecule has 1 aliphatic rings. The standard InChI is InChI=1S/C22H29N5O.BrH/c1-28-17-13-16-7-6-10-20(22(16)24-14-17)27(12-5-4-11-23)15-21-25-18-8-2-3-9-19(18)26-21;/h2-3,8-9,13-14,20H,4-7,10-12,15,23H2,1H3,(H,25,26);1H. The van der Waals surface area contributed by atoms with Crippen molar-refractivity contribution in [3.63, 3.8) is 0 Å². The molecule has 1 aliphatic carbocycles. The maximum Gasteiger partial charge on any atom is 0.137 e. The Kier molecular flexibility index (Phi) is 7.64. The molecule has 3 N–H and O–H groups in total. The maximum absolute atomic E-state index is 5.74. The van der Waals surface area contributed by atoms with Crippen molar-refractivity contribution in [1.29, 1.82) is 0 Å². The fraction of sp³-hybridized carbons (Fsp3) is 0.455. The summed E-state index contributed by atoms with van der Waals surface area (Å²) in [4.78, 5) is 15.6. The van der Waals surface area contributed by atoms with Crippen molar-refractivity contribution in [2.24, 2.45) is 5.73 Å². The zero-order valence-electron chi connectivity index (χ0n) is 16.9. The maximum atomic E-state index is 5.74. The van der Waals surface area contributed by atoms with Gasteiger partial charge in [-0.15, -0.1) is 17.0 Å². The number of rotatable bonds is 8. The number of aryl methyl sites for hydroxylation is 1. The molecule has 0 spiro atoms. The lowest BCUT2D eigenvalue weighted by molar-refractivity contribution is 0.159. The molecule has 2 heterocycles. The molecule has 3 aromatic rings. The van der Waals surface area contributed by atoms with Gasteiger partial charge in [-0.25, -0.2) is 4.98 Å². The smallest absolute Gasteiger partial charge is 0.137 e. The number of aromatic nitrogens is 3. The minimum Gasteiger partial charge on any atom is -0.495 e. The van der Waals surface area contributed by atoms with Crippen LogP contribution in [0.2, 0.25) is 0 Å². The Balaban J connectivity index is 0.00000240. The Labute approximate surface area is 182 Å². The van der Waals surface area contributed by atoms with Crippen LogP contribution in [0.4, 0.5) is 0 Å². The Morgan fingerprint density at radius 2 is 2.14 bits per heavy atom. The zero-order chi connectivity index (χ0) is 19.3. The molecule has 1 unspecified atom stereocenters. The van der Waals surface area contributed by atoms with Crippen LogP contribution < -0.4 is 10.5 Å². The third-order valence-electron chi connectivity index (χ3n) is 5.58. The molecule has 0 bridgehead atoms. The van der Waals surface area contributed by atoms with Crippen molar-refractivity contribution in [2.75, 3.05) is 20.2 Å². The predicted octanol–water partition coefficient (Wildman–Crippen LogP) is 4.16. The number of unbranched alkanes of at least 4 members (excludes halogenated alkanes) is 1. The minimum atomic E-state index is 0. The van der Waals surface area contributed by atoms with Gasteiger partial charge < -0.3 is 15.5 Å². The van der Waals surface area contributed by atoms with E-state index in [9.17, 15) is 0 Å². The number of methoxy groups -OCH3 is 1. The quantitative estimate of drug-likeness (QED) is 0.494. The van der Waals surface area contributed by atoms with E-state index in [0.717, 1.165) is 67.9 Å². The fourth-order valence-electron chi connectivity index (χ4n) is 4.17. The van der Waals surface area contributed by atoms with E-state index in [1.165, 1.54) is 17.7 Å². The first-order valence-corrected chi connectivity index (χ1v) is 10.2. The summed E-state index contributed by atoms with van der Waals surface area (Å²) in [5.74, 6) is 1.85. The summed E-state index contributed by atoms with van der Waals surface area (Å²) in [6, 6.07) is 10.7. The number of pyridine rings is 1. The SMILES string of the molecule is Br.COc1cnc2c(c1)CCCC2N(CCCCN)Cc1nc2ccccc2[nH]1. The Morgan fingerprint density at radius 1 is 1.28 bits per heavy atom. The number of aromatic amines is 1. The highest BCUT2D eigenvalue weighted by Gasteiger charge is 2.28. The van der Waals surface area contributed by atoms with Crippen LogP contribution in [-0.4, -0.2) is 40.1 Å². The van der Waals surface area contributed by atoms with E-state index in [1.54, 1.807) is 7.11 Å². The van der Waals surface area contributed by atoms with Crippen LogP contribution in [0, 0.1) is 0 Å². The largest absolute Gasteiger partial charge is 0.495 e. The number of fused-ring (bicyclic) bond motifs is 2. The van der Waals surface area contributed by atoms with Crippen LogP contribution >= 0.6 is 17.0 Å². The minimum absolute atomic E-state index is 0. The van der Waals surface area contributed by atoms with Crippen molar-refractivity contribution in [3.8, 4) is 5.75 Å². The van der Waals surface area contributed by atoms with Gasteiger partial charge in [0.25, 0.3) is 0 Å². The van der Waals surface area contributed by atoms with E-state index in [2.05, 4.69) is 28.1 Å². The monoisotopic (exact) mass is 459 g/mol. The van der Waals surface area contributed by atoms with Crippen molar-refractivity contribution in [2.45, 2.75) is 44.7 Å². The third-order valence-corrected chi connectivity index (χ3v) is 5.58. The molecule has 0 amide bonds. The molecule has 7 heteroatoms. The highest BCUT2D eigenvalue weighted by Crippen LogP contribution is 2.35. The highest BCUT2D eigenvalue weighted by molar-refractivity contribution is 8.93. The molecular weight excluding hydrogens is 430 g/mol. The molecule has 0 fully saturated rings. The van der Waals surface area contributed by atoms with Crippen LogP contribution in [0.1, 0.15) is 48.8 Å². The van der Waals surface area contributed by atoms with Gasteiger partial charge in [0, 0.05) is 0 Å². The van der Waals surface area contributed by atoms with E-state index >= 15 is 0 Å². The van der Waals surface area contributed by atoms with E-state index in [-0.39, 0.29) is 17.0 Å². The normalized spacial score (nSPS) is 15.9. The molecule has 0 saturated carbocycles. The molecule has 2 aromatic heterocycles. The summed E-state index contributed by atoms with van der Waals surface area (Å²) in [6.45, 7) is 2.51. The van der Waals surface area contributed by atoms with Gasteiger partial charge in [0.1, 0.15) is 11.6 Å². The Hall–Kier alpha value is -1.96. The first-order valence-electron chi connectivity index (χ1n) is 10.2. The number of nitrogens with one attached hydrogen (secondary N) is 1. The average Bonchev–Trinajstić information content (AvgIpc) is 3.14. The number of nitrogens with two attached hydrogens (primary N) is 1. The third kappa shape index (κ3) is 4.97. The number of H-pyrrole nitrogens is 1. The summed E-state index contributed by atoms with van der Waals surface area (Å²) in [5.41, 5.74) is 10.4. The molecular formula is C22H30BrN5O. The lowest BCUT2D eigenvalue weighted by Gasteiger charge is -2.34. The molecule has 4 rings (SSSR count). The molecule has 1 aromatic carbocycles. The molecule has 156 valence electrons. The Morgan fingerprint density at radius 3 is 2.93 bits per heavy atom. The van der Waals surface area contributed by atoms with Crippen molar-refractivity contribution in [1.82, 2.24) is 19.9 Å². The van der Waals surface area contributed by atoms with Crippen LogP contribution in [0.15, 0.2) is 36.5 Å². The van der Waals surface area contributed by atoms with E-state index < -0.39 is 0 Å². The molecule has 0 saturated heterocycles. The summed E-state index contributed by atoms with van der Waals surface area (Å²) in [7, 11) is 1.70. The number of imidazole rings is 1. The van der Waals surface area contributed by atoms with Gasteiger partial charge in [0.15, 0.2) is 0 Å². The lowest BCUT2D eigenvalue weighted by Crippen LogP contribution is -2.33. The fourth-order valence-corrected chi connectivity index (χ4v) is 4.17. The second-order valence-corrected chi connectivity index (χ2v) is 7.49. The second-order valence-electron chi connectivity index (χ2n) is 7.49. The molecule has 0 radical (unpaired) electrons. The van der Waals surface area contributed by atoms with E-state index in [4.69, 9.17) is 20.4 Å². The van der Waals surface area contributed by atoms with Crippen LogP contribution in [0.5, 0.6) is 5.75 Å². The van der Waals surface area contributed by atoms with Crippen molar-refractivity contribution < 1.29 is 4.74 Å². The zero-order valence-corrected chi connectivity index (χ0v) is 18.6. The highest BCUT2D eigenvalue weighted by atomic mass is 79.9. The number of benzene rings is 1. The Bertz CT molecular complexity index is 895. The van der Waals surface area contributed by atoms with Crippen molar-refractivity contribution >= 4 is 28.0 Å². The average molecular weight is 460 g/mol. The molecule has 29 heavy (non-hydrogen) atoms.